The maximum absolute atomic E-state index is 10.1. The lowest BCUT2D eigenvalue weighted by atomic mass is 9.90. The van der Waals surface area contributed by atoms with E-state index in [-0.39, 0.29) is 0 Å². The number of carbonyl (C=O) groups excluding carboxylic acids is 1. The van der Waals surface area contributed by atoms with Crippen molar-refractivity contribution in [2.45, 2.75) is 26.7 Å². The van der Waals surface area contributed by atoms with Crippen LogP contribution in [0.4, 0.5) is 0 Å². The van der Waals surface area contributed by atoms with E-state index in [0.29, 0.717) is 24.1 Å². The molecule has 0 saturated heterocycles. The molecular formula is C12H16O2. The van der Waals surface area contributed by atoms with Crippen molar-refractivity contribution in [3.05, 3.63) is 29.8 Å². The van der Waals surface area contributed by atoms with Gasteiger partial charge in [0.25, 0.3) is 6.47 Å². The fraction of sp³-hybridized carbons (Fsp3) is 0.417. The molecule has 1 unspecified atom stereocenters. The van der Waals surface area contributed by atoms with Gasteiger partial charge < -0.3 is 4.74 Å². The molecule has 0 aliphatic carbocycles. The van der Waals surface area contributed by atoms with Crippen LogP contribution in [0, 0.1) is 5.92 Å². The largest absolute Gasteiger partial charge is 0.429 e. The highest BCUT2D eigenvalue weighted by Crippen LogP contribution is 2.25. The van der Waals surface area contributed by atoms with E-state index in [1.165, 1.54) is 5.56 Å². The molecule has 0 saturated carbocycles. The van der Waals surface area contributed by atoms with Crippen molar-refractivity contribution in [3.63, 3.8) is 0 Å². The van der Waals surface area contributed by atoms with Gasteiger partial charge in [0, 0.05) is 0 Å². The minimum absolute atomic E-state index is 0.445. The lowest BCUT2D eigenvalue weighted by molar-refractivity contribution is -0.120. The predicted octanol–water partition coefficient (Wildman–Crippen LogP) is 2.98. The molecule has 1 rings (SSSR count). The molecule has 0 N–H and O–H groups in total. The average molecular weight is 192 g/mol. The van der Waals surface area contributed by atoms with Gasteiger partial charge in [0.05, 0.1) is 0 Å². The summed E-state index contributed by atoms with van der Waals surface area (Å²) in [5.41, 5.74) is 1.28. The van der Waals surface area contributed by atoms with Crippen LogP contribution in [0.25, 0.3) is 0 Å². The van der Waals surface area contributed by atoms with Crippen molar-refractivity contribution < 1.29 is 9.53 Å². The third-order valence-electron chi connectivity index (χ3n) is 2.59. The Labute approximate surface area is 84.9 Å². The fourth-order valence-corrected chi connectivity index (χ4v) is 1.29. The van der Waals surface area contributed by atoms with Gasteiger partial charge >= 0.3 is 0 Å². The summed E-state index contributed by atoms with van der Waals surface area (Å²) < 4.78 is 4.72. The van der Waals surface area contributed by atoms with E-state index in [1.807, 2.05) is 24.3 Å². The van der Waals surface area contributed by atoms with E-state index >= 15 is 0 Å². The van der Waals surface area contributed by atoms with Crippen LogP contribution in [0.1, 0.15) is 32.3 Å². The molecule has 0 amide bonds. The van der Waals surface area contributed by atoms with Crippen molar-refractivity contribution in [2.24, 2.45) is 5.92 Å². The Bertz CT molecular complexity index is 288. The lowest BCUT2D eigenvalue weighted by Crippen LogP contribution is -2.01. The minimum atomic E-state index is 0.445. The third kappa shape index (κ3) is 2.59. The van der Waals surface area contributed by atoms with Gasteiger partial charge in [0.2, 0.25) is 0 Å². The van der Waals surface area contributed by atoms with E-state index in [4.69, 9.17) is 4.74 Å². The molecule has 76 valence electrons. The summed E-state index contributed by atoms with van der Waals surface area (Å²) in [6.45, 7) is 7.03. The monoisotopic (exact) mass is 192 g/mol. The zero-order chi connectivity index (χ0) is 10.6. The molecule has 1 aromatic rings. The van der Waals surface area contributed by atoms with E-state index < -0.39 is 0 Å². The highest BCUT2D eigenvalue weighted by molar-refractivity contribution is 5.45. The second-order valence-corrected chi connectivity index (χ2v) is 3.82. The molecule has 0 bridgehead atoms. The topological polar surface area (TPSA) is 26.3 Å². The molecule has 2 heteroatoms. The van der Waals surface area contributed by atoms with Crippen LogP contribution in [-0.4, -0.2) is 6.47 Å². The summed E-state index contributed by atoms with van der Waals surface area (Å²) >= 11 is 0. The second-order valence-electron chi connectivity index (χ2n) is 3.82. The molecule has 0 radical (unpaired) electrons. The van der Waals surface area contributed by atoms with Gasteiger partial charge in [0.15, 0.2) is 0 Å². The van der Waals surface area contributed by atoms with E-state index in [0.717, 1.165) is 0 Å². The van der Waals surface area contributed by atoms with Crippen molar-refractivity contribution in [3.8, 4) is 5.75 Å². The first-order valence-electron chi connectivity index (χ1n) is 4.85. The van der Waals surface area contributed by atoms with Crippen LogP contribution in [0.15, 0.2) is 24.3 Å². The molecule has 0 aliphatic rings. The number of ether oxygens (including phenoxy) is 1. The Morgan fingerprint density at radius 3 is 2.14 bits per heavy atom. The Kier molecular flexibility index (Phi) is 3.69. The Morgan fingerprint density at radius 1 is 1.14 bits per heavy atom. The SMILES string of the molecule is CC(C)C(C)c1ccc(OC=O)cc1. The van der Waals surface area contributed by atoms with Crippen LogP contribution >= 0.6 is 0 Å². The van der Waals surface area contributed by atoms with Crippen molar-refractivity contribution >= 4 is 6.47 Å². The second kappa shape index (κ2) is 4.80. The maximum Gasteiger partial charge on any atom is 0.298 e. The van der Waals surface area contributed by atoms with Crippen LogP contribution in [-0.2, 0) is 4.79 Å². The van der Waals surface area contributed by atoms with Crippen LogP contribution in [0.5, 0.6) is 5.75 Å². The molecule has 14 heavy (non-hydrogen) atoms. The zero-order valence-corrected chi connectivity index (χ0v) is 8.86. The summed E-state index contributed by atoms with van der Waals surface area (Å²) in [6.07, 6.45) is 0. The van der Waals surface area contributed by atoms with E-state index in [9.17, 15) is 4.79 Å². The molecule has 0 heterocycles. The molecular weight excluding hydrogens is 176 g/mol. The minimum Gasteiger partial charge on any atom is -0.429 e. The Morgan fingerprint density at radius 2 is 1.71 bits per heavy atom. The van der Waals surface area contributed by atoms with Gasteiger partial charge in [-0.1, -0.05) is 32.9 Å². The van der Waals surface area contributed by atoms with Crippen molar-refractivity contribution in [2.75, 3.05) is 0 Å². The first kappa shape index (κ1) is 10.8. The van der Waals surface area contributed by atoms with Gasteiger partial charge in [-0.25, -0.2) is 0 Å². The molecule has 0 aromatic heterocycles. The Balaban J connectivity index is 2.77. The van der Waals surface area contributed by atoms with Crippen LogP contribution in [0.3, 0.4) is 0 Å². The van der Waals surface area contributed by atoms with E-state index in [2.05, 4.69) is 20.8 Å². The summed E-state index contributed by atoms with van der Waals surface area (Å²) in [4.78, 5) is 10.1. The third-order valence-corrected chi connectivity index (χ3v) is 2.59. The maximum atomic E-state index is 10.1. The number of benzene rings is 1. The number of hydrogen-bond acceptors (Lipinski definition) is 2. The number of carbonyl (C=O) groups is 1. The lowest BCUT2D eigenvalue weighted by Gasteiger charge is -2.15. The van der Waals surface area contributed by atoms with Gasteiger partial charge in [0.1, 0.15) is 5.75 Å². The van der Waals surface area contributed by atoms with Gasteiger partial charge in [-0.15, -0.1) is 0 Å². The van der Waals surface area contributed by atoms with Crippen molar-refractivity contribution in [1.29, 1.82) is 0 Å². The van der Waals surface area contributed by atoms with Crippen molar-refractivity contribution in [1.82, 2.24) is 0 Å². The van der Waals surface area contributed by atoms with Crippen LogP contribution < -0.4 is 4.74 Å². The molecule has 0 spiro atoms. The van der Waals surface area contributed by atoms with Gasteiger partial charge in [-0.3, -0.25) is 4.79 Å². The number of hydrogen-bond donors (Lipinski definition) is 0. The summed E-state index contributed by atoms with van der Waals surface area (Å²) in [6, 6.07) is 7.65. The summed E-state index contributed by atoms with van der Waals surface area (Å²) in [7, 11) is 0. The van der Waals surface area contributed by atoms with Gasteiger partial charge in [-0.05, 0) is 29.5 Å². The molecule has 2 nitrogen and oxygen atoms in total. The first-order valence-corrected chi connectivity index (χ1v) is 4.85. The summed E-state index contributed by atoms with van der Waals surface area (Å²) in [5.74, 6) is 1.74. The van der Waals surface area contributed by atoms with E-state index in [1.54, 1.807) is 0 Å². The smallest absolute Gasteiger partial charge is 0.298 e. The molecule has 1 aromatic carbocycles. The normalized spacial score (nSPS) is 12.6. The average Bonchev–Trinajstić information content (AvgIpc) is 2.18. The number of rotatable bonds is 4. The Hall–Kier alpha value is -1.31. The highest BCUT2D eigenvalue weighted by atomic mass is 16.5. The molecule has 0 fully saturated rings. The van der Waals surface area contributed by atoms with Gasteiger partial charge in [-0.2, -0.15) is 0 Å². The zero-order valence-electron chi connectivity index (χ0n) is 8.86. The standard InChI is InChI=1S/C12H16O2/c1-9(2)10(3)11-4-6-12(7-5-11)14-8-13/h4-10H,1-3H3. The quantitative estimate of drug-likeness (QED) is 0.685. The molecule has 0 aliphatic heterocycles. The highest BCUT2D eigenvalue weighted by Gasteiger charge is 2.09. The fourth-order valence-electron chi connectivity index (χ4n) is 1.29. The predicted molar refractivity (Wildman–Crippen MR) is 56.4 cm³/mol. The first-order chi connectivity index (χ1) is 6.65. The molecule has 1 atom stereocenters. The summed E-state index contributed by atoms with van der Waals surface area (Å²) in [5, 5.41) is 0. The van der Waals surface area contributed by atoms with Crippen LogP contribution in [0.2, 0.25) is 0 Å².